The van der Waals surface area contributed by atoms with Crippen LogP contribution >= 0.6 is 0 Å². The van der Waals surface area contributed by atoms with Gasteiger partial charge in [0.15, 0.2) is 0 Å². The number of rotatable bonds is 4. The first-order valence-corrected chi connectivity index (χ1v) is 10.6. The molecule has 2 fully saturated rings. The van der Waals surface area contributed by atoms with E-state index in [9.17, 15) is 14.4 Å². The van der Waals surface area contributed by atoms with Crippen molar-refractivity contribution in [2.45, 2.75) is 18.5 Å². The van der Waals surface area contributed by atoms with Crippen molar-refractivity contribution in [3.63, 3.8) is 0 Å². The second kappa shape index (κ2) is 8.03. The average Bonchev–Trinajstić information content (AvgIpc) is 3.24. The summed E-state index contributed by atoms with van der Waals surface area (Å²) in [6.45, 7) is 0.850. The Labute approximate surface area is 185 Å². The summed E-state index contributed by atoms with van der Waals surface area (Å²) in [5.74, 6) is -0.0533. The maximum absolute atomic E-state index is 13.2. The van der Waals surface area contributed by atoms with Crippen molar-refractivity contribution in [2.24, 2.45) is 0 Å². The maximum Gasteiger partial charge on any atom is 0.257 e. The van der Waals surface area contributed by atoms with Gasteiger partial charge in [0.25, 0.3) is 5.91 Å². The first-order valence-electron chi connectivity index (χ1n) is 10.6. The van der Waals surface area contributed by atoms with Gasteiger partial charge in [-0.2, -0.15) is 0 Å². The molecule has 0 spiro atoms. The van der Waals surface area contributed by atoms with Gasteiger partial charge in [-0.05, 0) is 23.8 Å². The van der Waals surface area contributed by atoms with Crippen LogP contribution in [0.15, 0.2) is 54.7 Å². The van der Waals surface area contributed by atoms with Gasteiger partial charge in [0.2, 0.25) is 11.8 Å². The van der Waals surface area contributed by atoms with Crippen molar-refractivity contribution >= 4 is 28.6 Å². The van der Waals surface area contributed by atoms with Gasteiger partial charge < -0.3 is 24.8 Å². The molecule has 0 saturated carbocycles. The largest absolute Gasteiger partial charge is 0.496 e. The van der Waals surface area contributed by atoms with Crippen molar-refractivity contribution in [3.05, 3.63) is 65.9 Å². The van der Waals surface area contributed by atoms with Gasteiger partial charge in [0.05, 0.1) is 19.2 Å². The monoisotopic (exact) mass is 432 g/mol. The number of hydrogen-bond donors (Lipinski definition) is 2. The molecule has 2 aliphatic rings. The SMILES string of the molecule is COc1ccccc1C(=O)N1CCN2C(=O)[C@H](Cc3c[nH]c4ccccc34)NC(=O)[C@H]2C1. The van der Waals surface area contributed by atoms with E-state index in [0.717, 1.165) is 16.5 Å². The Morgan fingerprint density at radius 2 is 1.88 bits per heavy atom. The van der Waals surface area contributed by atoms with E-state index in [1.165, 1.54) is 7.11 Å². The normalized spacial score (nSPS) is 20.8. The molecule has 0 radical (unpaired) electrons. The summed E-state index contributed by atoms with van der Waals surface area (Å²) < 4.78 is 5.30. The third-order valence-corrected chi connectivity index (χ3v) is 6.30. The molecule has 8 nitrogen and oxygen atoms in total. The van der Waals surface area contributed by atoms with E-state index in [0.29, 0.717) is 30.8 Å². The van der Waals surface area contributed by atoms with Crippen LogP contribution in [-0.2, 0) is 16.0 Å². The molecule has 0 aliphatic carbocycles. The summed E-state index contributed by atoms with van der Waals surface area (Å²) in [4.78, 5) is 45.6. The van der Waals surface area contributed by atoms with Crippen LogP contribution in [-0.4, -0.2) is 71.3 Å². The first-order chi connectivity index (χ1) is 15.6. The number of methoxy groups -OCH3 is 1. The molecule has 2 aromatic carbocycles. The number of H-pyrrole nitrogens is 1. The van der Waals surface area contributed by atoms with Gasteiger partial charge in [-0.3, -0.25) is 14.4 Å². The number of benzene rings is 2. The average molecular weight is 432 g/mol. The Hall–Kier alpha value is -3.81. The molecule has 164 valence electrons. The minimum Gasteiger partial charge on any atom is -0.496 e. The number of ether oxygens (including phenoxy) is 1. The van der Waals surface area contributed by atoms with E-state index in [1.54, 1.807) is 34.1 Å². The molecule has 32 heavy (non-hydrogen) atoms. The van der Waals surface area contributed by atoms with E-state index >= 15 is 0 Å². The predicted octanol–water partition coefficient (Wildman–Crippen LogP) is 1.57. The van der Waals surface area contributed by atoms with Crippen molar-refractivity contribution < 1.29 is 19.1 Å². The minimum atomic E-state index is -0.686. The molecular formula is C24H24N4O4. The standard InChI is InChI=1S/C24H24N4O4/c1-32-21-9-5-3-7-17(21)23(30)27-10-11-28-20(14-27)22(29)26-19(24(28)31)12-15-13-25-18-8-4-2-6-16(15)18/h2-9,13,19-20,25H,10-12,14H2,1H3,(H,26,29)/t19-,20+/m0/s1. The predicted molar refractivity (Wildman–Crippen MR) is 118 cm³/mol. The lowest BCUT2D eigenvalue weighted by Gasteiger charge is -2.45. The Bertz CT molecular complexity index is 1200. The zero-order chi connectivity index (χ0) is 22.2. The number of carbonyl (C=O) groups excluding carboxylic acids is 3. The van der Waals surface area contributed by atoms with Gasteiger partial charge in [0, 0.05) is 36.6 Å². The van der Waals surface area contributed by atoms with Gasteiger partial charge in [-0.15, -0.1) is 0 Å². The molecule has 2 N–H and O–H groups in total. The van der Waals surface area contributed by atoms with Crippen LogP contribution in [0.2, 0.25) is 0 Å². The third kappa shape index (κ3) is 3.37. The van der Waals surface area contributed by atoms with Crippen LogP contribution in [0.5, 0.6) is 5.75 Å². The molecule has 3 amide bonds. The van der Waals surface area contributed by atoms with Crippen LogP contribution in [0.3, 0.4) is 0 Å². The molecule has 1 aromatic heterocycles. The molecule has 3 aromatic rings. The van der Waals surface area contributed by atoms with Crippen LogP contribution < -0.4 is 10.1 Å². The maximum atomic E-state index is 13.2. The summed E-state index contributed by atoms with van der Waals surface area (Å²) in [6, 6.07) is 13.6. The number of hydrogen-bond acceptors (Lipinski definition) is 4. The van der Waals surface area contributed by atoms with Gasteiger partial charge >= 0.3 is 0 Å². The fraction of sp³-hybridized carbons (Fsp3) is 0.292. The number of piperazine rings is 2. The highest BCUT2D eigenvalue weighted by atomic mass is 16.5. The van der Waals surface area contributed by atoms with Crippen molar-refractivity contribution in [3.8, 4) is 5.75 Å². The molecule has 8 heteroatoms. The van der Waals surface area contributed by atoms with Crippen LogP contribution in [0, 0.1) is 0 Å². The zero-order valence-corrected chi connectivity index (χ0v) is 17.7. The zero-order valence-electron chi connectivity index (χ0n) is 17.7. The van der Waals surface area contributed by atoms with Crippen LogP contribution in [0.1, 0.15) is 15.9 Å². The number of nitrogens with zero attached hydrogens (tertiary/aromatic N) is 2. The lowest BCUT2D eigenvalue weighted by molar-refractivity contribution is -0.152. The highest BCUT2D eigenvalue weighted by molar-refractivity contribution is 6.00. The highest BCUT2D eigenvalue weighted by Crippen LogP contribution is 2.25. The van der Waals surface area contributed by atoms with Gasteiger partial charge in [-0.1, -0.05) is 30.3 Å². The van der Waals surface area contributed by atoms with Crippen molar-refractivity contribution in [1.29, 1.82) is 0 Å². The third-order valence-electron chi connectivity index (χ3n) is 6.30. The number of aromatic amines is 1. The lowest BCUT2D eigenvalue weighted by Crippen LogP contribution is -2.70. The Morgan fingerprint density at radius 1 is 1.09 bits per heavy atom. The first kappa shape index (κ1) is 20.1. The molecule has 2 atom stereocenters. The lowest BCUT2D eigenvalue weighted by atomic mass is 9.98. The molecular weight excluding hydrogens is 408 g/mol. The fourth-order valence-electron chi connectivity index (χ4n) is 4.64. The summed E-state index contributed by atoms with van der Waals surface area (Å²) in [5, 5.41) is 3.93. The second-order valence-electron chi connectivity index (χ2n) is 8.12. The number of nitrogens with one attached hydrogen (secondary N) is 2. The molecule has 0 unspecified atom stereocenters. The van der Waals surface area contributed by atoms with Crippen LogP contribution in [0.25, 0.3) is 10.9 Å². The van der Waals surface area contributed by atoms with Crippen LogP contribution in [0.4, 0.5) is 0 Å². The number of fused-ring (bicyclic) bond motifs is 2. The topological polar surface area (TPSA) is 94.7 Å². The molecule has 0 bridgehead atoms. The van der Waals surface area contributed by atoms with E-state index < -0.39 is 12.1 Å². The molecule has 2 aliphatic heterocycles. The number of amides is 3. The quantitative estimate of drug-likeness (QED) is 0.654. The smallest absolute Gasteiger partial charge is 0.257 e. The summed E-state index contributed by atoms with van der Waals surface area (Å²) in [5.41, 5.74) is 2.43. The van der Waals surface area contributed by atoms with Gasteiger partial charge in [-0.25, -0.2) is 0 Å². The Kier molecular flexibility index (Phi) is 5.05. The summed E-state index contributed by atoms with van der Waals surface area (Å²) >= 11 is 0. The second-order valence-corrected chi connectivity index (χ2v) is 8.12. The number of para-hydroxylation sites is 2. The summed E-state index contributed by atoms with van der Waals surface area (Å²) in [6.07, 6.45) is 2.31. The minimum absolute atomic E-state index is 0.107. The van der Waals surface area contributed by atoms with E-state index in [1.807, 2.05) is 30.5 Å². The Balaban J connectivity index is 1.32. The fourth-order valence-corrected chi connectivity index (χ4v) is 4.64. The van der Waals surface area contributed by atoms with Crippen molar-refractivity contribution in [2.75, 3.05) is 26.7 Å². The molecule has 5 rings (SSSR count). The number of carbonyl (C=O) groups is 3. The molecule has 2 saturated heterocycles. The highest BCUT2D eigenvalue weighted by Gasteiger charge is 2.44. The molecule has 3 heterocycles. The van der Waals surface area contributed by atoms with E-state index in [4.69, 9.17) is 4.74 Å². The Morgan fingerprint density at radius 3 is 2.72 bits per heavy atom. The van der Waals surface area contributed by atoms with E-state index in [2.05, 4.69) is 10.3 Å². The summed E-state index contributed by atoms with van der Waals surface area (Å²) in [7, 11) is 1.52. The van der Waals surface area contributed by atoms with E-state index in [-0.39, 0.29) is 24.3 Å². The van der Waals surface area contributed by atoms with Gasteiger partial charge in [0.1, 0.15) is 17.8 Å². The number of aromatic nitrogens is 1. The van der Waals surface area contributed by atoms with Crippen molar-refractivity contribution in [1.82, 2.24) is 20.1 Å².